The summed E-state index contributed by atoms with van der Waals surface area (Å²) in [4.78, 5) is 7.04. The first-order valence-corrected chi connectivity index (χ1v) is 7.72. The molecular weight excluding hydrogens is 250 g/mol. The van der Waals surface area contributed by atoms with Gasteiger partial charge >= 0.3 is 0 Å². The van der Waals surface area contributed by atoms with Crippen LogP contribution >= 0.6 is 0 Å². The molecule has 1 aromatic heterocycles. The van der Waals surface area contributed by atoms with Crippen molar-refractivity contribution < 1.29 is 4.74 Å². The summed E-state index contributed by atoms with van der Waals surface area (Å²) >= 11 is 0. The molecule has 1 aromatic rings. The van der Waals surface area contributed by atoms with E-state index in [9.17, 15) is 0 Å². The first-order valence-electron chi connectivity index (χ1n) is 7.72. The minimum absolute atomic E-state index is 0.697. The number of hydrogen-bond donors (Lipinski definition) is 1. The lowest BCUT2D eigenvalue weighted by atomic mass is 9.81. The van der Waals surface area contributed by atoms with Crippen molar-refractivity contribution in [1.82, 2.24) is 15.2 Å². The van der Waals surface area contributed by atoms with Gasteiger partial charge in [0.15, 0.2) is 0 Å². The molecule has 0 saturated carbocycles. The van der Waals surface area contributed by atoms with Crippen molar-refractivity contribution in [3.8, 4) is 5.88 Å². The van der Waals surface area contributed by atoms with E-state index in [2.05, 4.69) is 28.3 Å². The topological polar surface area (TPSA) is 37.4 Å². The average Bonchev–Trinajstić information content (AvgIpc) is 2.47. The summed E-state index contributed by atoms with van der Waals surface area (Å²) < 4.78 is 5.13. The van der Waals surface area contributed by atoms with Crippen LogP contribution in [-0.2, 0) is 6.54 Å². The molecule has 2 aliphatic heterocycles. The van der Waals surface area contributed by atoms with Crippen LogP contribution in [0.15, 0.2) is 18.3 Å². The van der Waals surface area contributed by atoms with E-state index in [1.165, 1.54) is 37.7 Å². The Balaban J connectivity index is 1.69. The summed E-state index contributed by atoms with van der Waals surface area (Å²) in [6, 6.07) is 6.29. The van der Waals surface area contributed by atoms with Crippen LogP contribution in [0.1, 0.15) is 37.7 Å². The van der Waals surface area contributed by atoms with Crippen molar-refractivity contribution in [1.29, 1.82) is 0 Å². The minimum Gasteiger partial charge on any atom is -0.481 e. The fraction of sp³-hybridized carbons (Fsp3) is 0.688. The quantitative estimate of drug-likeness (QED) is 0.914. The fourth-order valence-electron chi connectivity index (χ4n) is 3.81. The molecule has 20 heavy (non-hydrogen) atoms. The van der Waals surface area contributed by atoms with Crippen molar-refractivity contribution in [2.24, 2.45) is 0 Å². The van der Waals surface area contributed by atoms with Gasteiger partial charge in [-0.1, -0.05) is 12.5 Å². The van der Waals surface area contributed by atoms with Crippen molar-refractivity contribution >= 4 is 0 Å². The van der Waals surface area contributed by atoms with Gasteiger partial charge in [-0.25, -0.2) is 4.98 Å². The van der Waals surface area contributed by atoms with Gasteiger partial charge in [-0.05, 0) is 38.3 Å². The molecule has 0 radical (unpaired) electrons. The maximum atomic E-state index is 5.13. The average molecular weight is 275 g/mol. The van der Waals surface area contributed by atoms with Gasteiger partial charge in [0.25, 0.3) is 0 Å². The Morgan fingerprint density at radius 1 is 1.30 bits per heavy atom. The molecule has 3 rings (SSSR count). The zero-order valence-corrected chi connectivity index (χ0v) is 12.5. The largest absolute Gasteiger partial charge is 0.481 e. The van der Waals surface area contributed by atoms with Crippen LogP contribution < -0.4 is 10.1 Å². The maximum Gasteiger partial charge on any atom is 0.212 e. The zero-order chi connectivity index (χ0) is 13.9. The Bertz CT molecular complexity index is 420. The first-order chi connectivity index (χ1) is 9.80. The highest BCUT2D eigenvalue weighted by atomic mass is 16.5. The van der Waals surface area contributed by atoms with E-state index in [0.29, 0.717) is 11.9 Å². The van der Waals surface area contributed by atoms with Crippen molar-refractivity contribution in [2.75, 3.05) is 14.2 Å². The predicted octanol–water partition coefficient (Wildman–Crippen LogP) is 2.20. The number of methoxy groups -OCH3 is 1. The molecule has 4 heteroatoms. The molecule has 0 spiro atoms. The second-order valence-electron chi connectivity index (χ2n) is 6.08. The molecule has 110 valence electrons. The SMILES string of the molecule is CNC1CC2CCCC(C1)N2Cc1ccc(OC)nc1. The van der Waals surface area contributed by atoms with Gasteiger partial charge in [0.05, 0.1) is 7.11 Å². The molecule has 2 saturated heterocycles. The van der Waals surface area contributed by atoms with Crippen molar-refractivity contribution in [2.45, 2.75) is 56.8 Å². The van der Waals surface area contributed by atoms with Crippen LogP contribution in [0, 0.1) is 0 Å². The number of pyridine rings is 1. The molecule has 1 N–H and O–H groups in total. The van der Waals surface area contributed by atoms with Crippen molar-refractivity contribution in [3.05, 3.63) is 23.9 Å². The van der Waals surface area contributed by atoms with Crippen LogP contribution in [0.5, 0.6) is 5.88 Å². The number of nitrogens with zero attached hydrogens (tertiary/aromatic N) is 2. The lowest BCUT2D eigenvalue weighted by Crippen LogP contribution is -2.55. The minimum atomic E-state index is 0.697. The third-order valence-corrected chi connectivity index (χ3v) is 4.91. The third kappa shape index (κ3) is 2.81. The van der Waals surface area contributed by atoms with E-state index in [4.69, 9.17) is 4.74 Å². The molecular formula is C16H25N3O. The Kier molecular flexibility index (Phi) is 4.22. The number of ether oxygens (including phenoxy) is 1. The van der Waals surface area contributed by atoms with E-state index < -0.39 is 0 Å². The number of nitrogens with one attached hydrogen (secondary N) is 1. The van der Waals surface area contributed by atoms with Gasteiger partial charge < -0.3 is 10.1 Å². The lowest BCUT2D eigenvalue weighted by molar-refractivity contribution is 0.0190. The monoisotopic (exact) mass is 275 g/mol. The highest BCUT2D eigenvalue weighted by molar-refractivity contribution is 5.18. The summed E-state index contributed by atoms with van der Waals surface area (Å²) in [5.74, 6) is 0.697. The number of rotatable bonds is 4. The van der Waals surface area contributed by atoms with E-state index >= 15 is 0 Å². The highest BCUT2D eigenvalue weighted by Crippen LogP contribution is 2.35. The molecule has 4 nitrogen and oxygen atoms in total. The number of piperidine rings is 2. The number of aromatic nitrogens is 1. The Hall–Kier alpha value is -1.13. The Morgan fingerprint density at radius 3 is 2.60 bits per heavy atom. The fourth-order valence-corrected chi connectivity index (χ4v) is 3.81. The van der Waals surface area contributed by atoms with E-state index in [-0.39, 0.29) is 0 Å². The summed E-state index contributed by atoms with van der Waals surface area (Å²) in [7, 11) is 3.76. The Morgan fingerprint density at radius 2 is 2.05 bits per heavy atom. The van der Waals surface area contributed by atoms with Gasteiger partial charge in [-0.3, -0.25) is 4.90 Å². The van der Waals surface area contributed by atoms with E-state index in [1.807, 2.05) is 12.3 Å². The number of hydrogen-bond acceptors (Lipinski definition) is 4. The molecule has 2 atom stereocenters. The van der Waals surface area contributed by atoms with Gasteiger partial charge in [0.2, 0.25) is 5.88 Å². The molecule has 3 heterocycles. The molecule has 0 aliphatic carbocycles. The molecule has 0 aromatic carbocycles. The van der Waals surface area contributed by atoms with Gasteiger partial charge in [0, 0.05) is 36.9 Å². The highest BCUT2D eigenvalue weighted by Gasteiger charge is 2.37. The first kappa shape index (κ1) is 13.8. The van der Waals surface area contributed by atoms with Crippen LogP contribution in [0.4, 0.5) is 0 Å². The predicted molar refractivity (Wildman–Crippen MR) is 79.8 cm³/mol. The standard InChI is InChI=1S/C16H25N3O/c1-17-13-8-14-4-3-5-15(9-13)19(14)11-12-6-7-16(20-2)18-10-12/h6-7,10,13-15,17H,3-5,8-9,11H2,1-2H3. The molecule has 2 unspecified atom stereocenters. The summed E-state index contributed by atoms with van der Waals surface area (Å²) in [5.41, 5.74) is 1.30. The number of fused-ring (bicyclic) bond motifs is 2. The van der Waals surface area contributed by atoms with Crippen molar-refractivity contribution in [3.63, 3.8) is 0 Å². The Labute approximate surface area is 121 Å². The molecule has 2 aliphatic rings. The molecule has 2 fully saturated rings. The summed E-state index contributed by atoms with van der Waals surface area (Å²) in [6.45, 7) is 1.03. The second-order valence-corrected chi connectivity index (χ2v) is 6.08. The maximum absolute atomic E-state index is 5.13. The summed E-state index contributed by atoms with van der Waals surface area (Å²) in [5, 5.41) is 3.48. The zero-order valence-electron chi connectivity index (χ0n) is 12.5. The normalized spacial score (nSPS) is 30.2. The van der Waals surface area contributed by atoms with E-state index in [1.54, 1.807) is 7.11 Å². The van der Waals surface area contributed by atoms with Crippen LogP contribution in [0.2, 0.25) is 0 Å². The molecule has 2 bridgehead atoms. The second kappa shape index (κ2) is 6.10. The third-order valence-electron chi connectivity index (χ3n) is 4.91. The summed E-state index contributed by atoms with van der Waals surface area (Å²) in [6.07, 6.45) is 8.62. The van der Waals surface area contributed by atoms with Crippen LogP contribution in [-0.4, -0.2) is 42.2 Å². The van der Waals surface area contributed by atoms with E-state index in [0.717, 1.165) is 18.6 Å². The smallest absolute Gasteiger partial charge is 0.212 e. The van der Waals surface area contributed by atoms with Crippen LogP contribution in [0.3, 0.4) is 0 Å². The van der Waals surface area contributed by atoms with Gasteiger partial charge in [0.1, 0.15) is 0 Å². The van der Waals surface area contributed by atoms with Gasteiger partial charge in [-0.2, -0.15) is 0 Å². The van der Waals surface area contributed by atoms with Gasteiger partial charge in [-0.15, -0.1) is 0 Å². The lowest BCUT2D eigenvalue weighted by Gasteiger charge is -2.49. The molecule has 0 amide bonds. The van der Waals surface area contributed by atoms with Crippen LogP contribution in [0.25, 0.3) is 0 Å².